The molecule has 0 aliphatic heterocycles. The lowest BCUT2D eigenvalue weighted by Gasteiger charge is -2.26. The molecule has 16 heavy (non-hydrogen) atoms. The maximum atomic E-state index is 12.0. The van der Waals surface area contributed by atoms with E-state index >= 15 is 0 Å². The van der Waals surface area contributed by atoms with Gasteiger partial charge in [0.2, 0.25) is 0 Å². The lowest BCUT2D eigenvalue weighted by Crippen LogP contribution is -2.29. The van der Waals surface area contributed by atoms with Gasteiger partial charge in [-0.25, -0.2) is 10.2 Å². The van der Waals surface area contributed by atoms with E-state index in [9.17, 15) is 4.57 Å². The Morgan fingerprint density at radius 2 is 1.81 bits per heavy atom. The van der Waals surface area contributed by atoms with Crippen LogP contribution in [0.5, 0.6) is 0 Å². The molecule has 1 unspecified atom stereocenters. The van der Waals surface area contributed by atoms with Crippen LogP contribution in [0.15, 0.2) is 0 Å². The van der Waals surface area contributed by atoms with Gasteiger partial charge in [0.05, 0.1) is 6.61 Å². The summed E-state index contributed by atoms with van der Waals surface area (Å²) in [7, 11) is -3.23. The van der Waals surface area contributed by atoms with Crippen LogP contribution in [0.4, 0.5) is 0 Å². The fraction of sp³-hybridized carbons (Fsp3) is 1.00. The van der Waals surface area contributed by atoms with Gasteiger partial charge in [-0.2, -0.15) is 0 Å². The Morgan fingerprint density at radius 3 is 2.19 bits per heavy atom. The van der Waals surface area contributed by atoms with E-state index in [0.29, 0.717) is 37.4 Å². The fourth-order valence-corrected chi connectivity index (χ4v) is 3.02. The zero-order valence-corrected chi connectivity index (χ0v) is 12.3. The second-order valence-corrected chi connectivity index (χ2v) is 6.62. The molecule has 2 N–H and O–H groups in total. The van der Waals surface area contributed by atoms with E-state index in [1.165, 1.54) is 4.67 Å². The molecule has 0 aromatic heterocycles. The minimum absolute atomic E-state index is 0.353. The maximum absolute atomic E-state index is 12.0. The Labute approximate surface area is 108 Å². The van der Waals surface area contributed by atoms with Crippen LogP contribution in [-0.2, 0) is 9.09 Å². The Hall–Kier alpha value is 0.690. The molecule has 98 valence electrons. The van der Waals surface area contributed by atoms with E-state index in [2.05, 4.69) is 13.8 Å². The molecule has 7 heteroatoms. The van der Waals surface area contributed by atoms with E-state index in [4.69, 9.17) is 33.2 Å². The molecule has 0 aromatic rings. The molecular formula is C9H21Cl2N2O2P. The van der Waals surface area contributed by atoms with Crippen molar-refractivity contribution in [2.45, 2.75) is 20.3 Å². The number of halogens is 2. The third kappa shape index (κ3) is 7.10. The zero-order valence-electron chi connectivity index (χ0n) is 9.86. The van der Waals surface area contributed by atoms with E-state index in [0.717, 1.165) is 6.42 Å². The number of nitrogens with zero attached hydrogens (tertiary/aromatic N) is 1. The number of hydrogen-bond acceptors (Lipinski definition) is 2. The van der Waals surface area contributed by atoms with Crippen LogP contribution in [0.3, 0.4) is 0 Å². The second kappa shape index (κ2) is 8.73. The van der Waals surface area contributed by atoms with Gasteiger partial charge in [-0.3, -0.25) is 4.57 Å². The summed E-state index contributed by atoms with van der Waals surface area (Å²) in [6.07, 6.45) is 0.830. The molecule has 0 heterocycles. The van der Waals surface area contributed by atoms with Crippen molar-refractivity contribution in [2.24, 2.45) is 11.4 Å². The molecule has 0 fully saturated rings. The van der Waals surface area contributed by atoms with Crippen molar-refractivity contribution in [1.29, 1.82) is 0 Å². The molecule has 0 aliphatic rings. The van der Waals surface area contributed by atoms with Crippen LogP contribution in [0.25, 0.3) is 0 Å². The SMILES string of the molecule is CC(C)CCOP(N)(=O)N(CCCl)CCCl. The maximum Gasteiger partial charge on any atom is 0.340 e. The monoisotopic (exact) mass is 290 g/mol. The van der Waals surface area contributed by atoms with Gasteiger partial charge in [-0.05, 0) is 12.3 Å². The molecule has 0 aromatic carbocycles. The smallest absolute Gasteiger partial charge is 0.306 e. The summed E-state index contributed by atoms with van der Waals surface area (Å²) < 4.78 is 18.8. The van der Waals surface area contributed by atoms with Crippen LogP contribution >= 0.6 is 30.9 Å². The molecule has 0 spiro atoms. The summed E-state index contributed by atoms with van der Waals surface area (Å²) in [4.78, 5) is 0. The normalized spacial score (nSPS) is 15.7. The van der Waals surface area contributed by atoms with Gasteiger partial charge < -0.3 is 4.52 Å². The molecule has 0 aliphatic carbocycles. The van der Waals surface area contributed by atoms with Crippen molar-refractivity contribution < 1.29 is 9.09 Å². The van der Waals surface area contributed by atoms with Gasteiger partial charge in [-0.1, -0.05) is 13.8 Å². The van der Waals surface area contributed by atoms with Gasteiger partial charge in [0.15, 0.2) is 0 Å². The minimum Gasteiger partial charge on any atom is -0.306 e. The average Bonchev–Trinajstić information content (AvgIpc) is 2.16. The highest BCUT2D eigenvalue weighted by atomic mass is 35.5. The van der Waals surface area contributed by atoms with E-state index in [1.54, 1.807) is 0 Å². The molecule has 1 atom stereocenters. The predicted molar refractivity (Wildman–Crippen MR) is 70.2 cm³/mol. The topological polar surface area (TPSA) is 55.6 Å². The summed E-state index contributed by atoms with van der Waals surface area (Å²) in [6.45, 7) is 5.38. The molecule has 4 nitrogen and oxygen atoms in total. The summed E-state index contributed by atoms with van der Waals surface area (Å²) in [5.41, 5.74) is 5.66. The Balaban J connectivity index is 4.18. The van der Waals surface area contributed by atoms with Crippen LogP contribution in [0.2, 0.25) is 0 Å². The first-order valence-corrected chi connectivity index (χ1v) is 8.06. The van der Waals surface area contributed by atoms with Crippen molar-refractivity contribution in [2.75, 3.05) is 31.5 Å². The first kappa shape index (κ1) is 16.7. The van der Waals surface area contributed by atoms with Crippen molar-refractivity contribution in [3.63, 3.8) is 0 Å². The Morgan fingerprint density at radius 1 is 1.31 bits per heavy atom. The molecule has 0 saturated carbocycles. The summed E-state index contributed by atoms with van der Waals surface area (Å²) in [5.74, 6) is 1.20. The Bertz CT molecular complexity index is 224. The van der Waals surface area contributed by atoms with Crippen molar-refractivity contribution in [3.8, 4) is 0 Å². The zero-order chi connectivity index (χ0) is 12.6. The van der Waals surface area contributed by atoms with Gasteiger partial charge in [0.25, 0.3) is 0 Å². The first-order valence-electron chi connectivity index (χ1n) is 5.34. The highest BCUT2D eigenvalue weighted by Crippen LogP contribution is 2.42. The van der Waals surface area contributed by atoms with Crippen molar-refractivity contribution in [1.82, 2.24) is 4.67 Å². The highest BCUT2D eigenvalue weighted by Gasteiger charge is 2.26. The lowest BCUT2D eigenvalue weighted by molar-refractivity contribution is 0.250. The quantitative estimate of drug-likeness (QED) is 0.524. The van der Waals surface area contributed by atoms with E-state index < -0.39 is 7.67 Å². The third-order valence-corrected chi connectivity index (χ3v) is 4.13. The van der Waals surface area contributed by atoms with E-state index in [-0.39, 0.29) is 0 Å². The van der Waals surface area contributed by atoms with Crippen LogP contribution in [0.1, 0.15) is 20.3 Å². The second-order valence-electron chi connectivity index (χ2n) is 3.91. The molecule has 0 rings (SSSR count). The predicted octanol–water partition coefficient (Wildman–Crippen LogP) is 2.90. The summed E-state index contributed by atoms with van der Waals surface area (Å²) >= 11 is 11.2. The highest BCUT2D eigenvalue weighted by molar-refractivity contribution is 7.53. The molecule has 0 saturated heterocycles. The Kier molecular flexibility index (Phi) is 9.11. The van der Waals surface area contributed by atoms with Crippen LogP contribution < -0.4 is 5.50 Å². The molecule has 0 radical (unpaired) electrons. The minimum atomic E-state index is -3.23. The average molecular weight is 291 g/mol. The van der Waals surface area contributed by atoms with Gasteiger partial charge in [0.1, 0.15) is 0 Å². The van der Waals surface area contributed by atoms with Crippen LogP contribution in [0, 0.1) is 5.92 Å². The fourth-order valence-electron chi connectivity index (χ4n) is 1.09. The summed E-state index contributed by atoms with van der Waals surface area (Å²) in [5, 5.41) is 0. The number of hydrogen-bond donors (Lipinski definition) is 1. The van der Waals surface area contributed by atoms with Gasteiger partial charge >= 0.3 is 7.67 Å². The number of rotatable bonds is 9. The standard InChI is InChI=1S/C9H21Cl2N2O2P/c1-9(2)3-8-15-16(12,14)13(6-4-10)7-5-11/h9H,3-8H2,1-2H3,(H2,12,14). The van der Waals surface area contributed by atoms with Crippen molar-refractivity contribution >= 4 is 30.9 Å². The third-order valence-electron chi connectivity index (χ3n) is 2.05. The molecular weight excluding hydrogens is 270 g/mol. The molecule has 0 bridgehead atoms. The lowest BCUT2D eigenvalue weighted by atomic mass is 10.2. The number of nitrogens with two attached hydrogens (primary N) is 1. The van der Waals surface area contributed by atoms with Gasteiger partial charge in [0, 0.05) is 24.8 Å². The number of alkyl halides is 2. The van der Waals surface area contributed by atoms with E-state index in [1.807, 2.05) is 0 Å². The molecule has 0 amide bonds. The van der Waals surface area contributed by atoms with Gasteiger partial charge in [-0.15, -0.1) is 23.2 Å². The van der Waals surface area contributed by atoms with Crippen molar-refractivity contribution in [3.05, 3.63) is 0 Å². The summed E-state index contributed by atoms with van der Waals surface area (Å²) in [6, 6.07) is 0. The first-order chi connectivity index (χ1) is 7.44. The van der Waals surface area contributed by atoms with Crippen LogP contribution in [-0.4, -0.2) is 36.1 Å². The largest absolute Gasteiger partial charge is 0.340 e.